The number of amides is 1. The maximum Gasteiger partial charge on any atom is 0.261 e. The number of hydrogen-bond donors (Lipinski definition) is 1. The molecule has 0 bridgehead atoms. The largest absolute Gasteiger partial charge is 0.383 e. The number of nitrogens with zero attached hydrogens (tertiary/aromatic N) is 6. The Morgan fingerprint density at radius 2 is 1.85 bits per heavy atom. The van der Waals surface area contributed by atoms with Crippen molar-refractivity contribution in [3.05, 3.63) is 70.6 Å². The third-order valence-electron chi connectivity index (χ3n) is 7.10. The van der Waals surface area contributed by atoms with Crippen molar-refractivity contribution in [1.29, 1.82) is 0 Å². The highest BCUT2D eigenvalue weighted by atomic mass is 16.5. The Morgan fingerprint density at radius 3 is 2.48 bits per heavy atom. The van der Waals surface area contributed by atoms with E-state index in [1.807, 2.05) is 71.5 Å². The van der Waals surface area contributed by atoms with E-state index in [4.69, 9.17) is 10.5 Å². The number of anilines is 2. The molecule has 1 saturated carbocycles. The van der Waals surface area contributed by atoms with Gasteiger partial charge in [0.25, 0.3) is 5.91 Å². The lowest BCUT2D eigenvalue weighted by molar-refractivity contribution is 0.0801. The topological polar surface area (TPSA) is 112 Å². The van der Waals surface area contributed by atoms with Gasteiger partial charge in [0.15, 0.2) is 0 Å². The van der Waals surface area contributed by atoms with Gasteiger partial charge in [-0.25, -0.2) is 15.0 Å². The van der Waals surface area contributed by atoms with E-state index in [1.165, 1.54) is 0 Å². The van der Waals surface area contributed by atoms with Crippen LogP contribution in [0.4, 0.5) is 11.5 Å². The standard InChI is InChI=1S/C27H29N7O2.2C2H6/c1-4-33-13-23(15(2)32-33)34(27(35)19-10-29-26(30-11-19)18-6-7-18)12-17-5-8-20-21-14-36-16(3)24(21)25(28)31-22(20)9-17;2*1-2/h5,8-11,13,16,18H,4,6-7,12,14H2,1-3H3,(H2,28,31);2*1-2H3. The van der Waals surface area contributed by atoms with E-state index in [-0.39, 0.29) is 12.0 Å². The summed E-state index contributed by atoms with van der Waals surface area (Å²) in [6.45, 7) is 15.5. The van der Waals surface area contributed by atoms with Crippen LogP contribution in [0.5, 0.6) is 0 Å². The normalized spacial score (nSPS) is 15.5. The zero-order valence-electron chi connectivity index (χ0n) is 24.7. The maximum atomic E-state index is 13.8. The molecule has 1 atom stereocenters. The molecule has 1 aliphatic heterocycles. The van der Waals surface area contributed by atoms with Gasteiger partial charge in [0.05, 0.1) is 41.7 Å². The summed E-state index contributed by atoms with van der Waals surface area (Å²) in [4.78, 5) is 29.1. The second-order valence-corrected chi connectivity index (χ2v) is 9.64. The number of ether oxygens (including phenoxy) is 1. The molecule has 0 saturated heterocycles. The third-order valence-corrected chi connectivity index (χ3v) is 7.10. The number of nitrogens with two attached hydrogens (primary N) is 1. The van der Waals surface area contributed by atoms with E-state index in [9.17, 15) is 4.79 Å². The molecular formula is C31H41N7O2. The molecule has 4 heterocycles. The van der Waals surface area contributed by atoms with Crippen LogP contribution in [0.2, 0.25) is 0 Å². The van der Waals surface area contributed by atoms with E-state index in [0.717, 1.165) is 57.6 Å². The minimum atomic E-state index is -0.167. The van der Waals surface area contributed by atoms with Gasteiger partial charge in [-0.15, -0.1) is 0 Å². The molecule has 9 heteroatoms. The number of benzene rings is 1. The van der Waals surface area contributed by atoms with E-state index < -0.39 is 0 Å². The molecule has 1 aliphatic carbocycles. The van der Waals surface area contributed by atoms with E-state index in [0.29, 0.717) is 37.0 Å². The van der Waals surface area contributed by atoms with Crippen molar-refractivity contribution in [2.24, 2.45) is 0 Å². The van der Waals surface area contributed by atoms with Crippen LogP contribution in [0, 0.1) is 6.92 Å². The summed E-state index contributed by atoms with van der Waals surface area (Å²) in [5.41, 5.74) is 12.1. The lowest BCUT2D eigenvalue weighted by Gasteiger charge is -2.22. The highest BCUT2D eigenvalue weighted by Gasteiger charge is 2.28. The lowest BCUT2D eigenvalue weighted by atomic mass is 10.0. The number of aromatic nitrogens is 5. The fraction of sp³-hybridized carbons (Fsp3) is 0.452. The second-order valence-electron chi connectivity index (χ2n) is 9.64. The number of fused-ring (bicyclic) bond motifs is 3. The number of carbonyl (C=O) groups excluding carboxylic acids is 1. The maximum absolute atomic E-state index is 13.8. The molecule has 0 spiro atoms. The Labute approximate surface area is 236 Å². The fourth-order valence-electron chi connectivity index (χ4n) is 4.95. The van der Waals surface area contributed by atoms with Crippen molar-refractivity contribution in [2.45, 2.75) is 93.0 Å². The molecule has 1 unspecified atom stereocenters. The number of carbonyl (C=O) groups is 1. The Bertz CT molecular complexity index is 1480. The predicted molar refractivity (Wildman–Crippen MR) is 159 cm³/mol. The first-order valence-electron chi connectivity index (χ1n) is 14.4. The summed E-state index contributed by atoms with van der Waals surface area (Å²) in [5, 5.41) is 5.60. The molecular weight excluding hydrogens is 502 g/mol. The van der Waals surface area contributed by atoms with Gasteiger partial charge in [-0.1, -0.05) is 39.8 Å². The third kappa shape index (κ3) is 5.70. The van der Waals surface area contributed by atoms with Crippen molar-refractivity contribution in [2.75, 3.05) is 10.6 Å². The molecule has 2 N–H and O–H groups in total. The number of aryl methyl sites for hydroxylation is 2. The average Bonchev–Trinajstić information content (AvgIpc) is 3.67. The molecule has 1 fully saturated rings. The van der Waals surface area contributed by atoms with Gasteiger partial charge < -0.3 is 15.4 Å². The summed E-state index contributed by atoms with van der Waals surface area (Å²) in [6.07, 6.45) is 7.37. The van der Waals surface area contributed by atoms with Crippen LogP contribution in [0.15, 0.2) is 36.8 Å². The van der Waals surface area contributed by atoms with Crippen LogP contribution in [-0.2, 0) is 24.4 Å². The number of nitrogen functional groups attached to an aromatic ring is 1. The Kier molecular flexibility index (Phi) is 9.14. The molecule has 6 rings (SSSR count). The van der Waals surface area contributed by atoms with Gasteiger partial charge in [0, 0.05) is 42.0 Å². The van der Waals surface area contributed by atoms with Gasteiger partial charge in [-0.2, -0.15) is 5.10 Å². The average molecular weight is 544 g/mol. The highest BCUT2D eigenvalue weighted by Crippen LogP contribution is 2.39. The zero-order chi connectivity index (χ0) is 29.0. The van der Waals surface area contributed by atoms with Crippen LogP contribution >= 0.6 is 0 Å². The van der Waals surface area contributed by atoms with Gasteiger partial charge in [-0.3, -0.25) is 9.48 Å². The first-order chi connectivity index (χ1) is 19.4. The Hall–Kier alpha value is -3.85. The SMILES string of the molecule is CC.CC.CCn1cc(N(Cc2ccc3c4c(c(N)nc3c2)C(C)OC4)C(=O)c2cnc(C3CC3)nc2)c(C)n1. The molecule has 3 aromatic heterocycles. The molecule has 1 amide bonds. The summed E-state index contributed by atoms with van der Waals surface area (Å²) in [5.74, 6) is 1.58. The quantitative estimate of drug-likeness (QED) is 0.295. The highest BCUT2D eigenvalue weighted by molar-refractivity contribution is 6.06. The van der Waals surface area contributed by atoms with E-state index in [1.54, 1.807) is 17.3 Å². The molecule has 2 aliphatic rings. The summed E-state index contributed by atoms with van der Waals surface area (Å²) in [6, 6.07) is 6.09. The van der Waals surface area contributed by atoms with Crippen LogP contribution in [0.25, 0.3) is 10.9 Å². The second kappa shape index (κ2) is 12.6. The van der Waals surface area contributed by atoms with Crippen molar-refractivity contribution in [1.82, 2.24) is 24.7 Å². The van der Waals surface area contributed by atoms with Gasteiger partial charge in [-0.05, 0) is 50.8 Å². The number of hydrogen-bond acceptors (Lipinski definition) is 7. The first kappa shape index (κ1) is 29.1. The molecule has 1 aromatic carbocycles. The van der Waals surface area contributed by atoms with E-state index in [2.05, 4.69) is 26.1 Å². The van der Waals surface area contributed by atoms with Crippen LogP contribution in [0.1, 0.15) is 105 Å². The summed E-state index contributed by atoms with van der Waals surface area (Å²) in [7, 11) is 0. The summed E-state index contributed by atoms with van der Waals surface area (Å²) < 4.78 is 7.64. The summed E-state index contributed by atoms with van der Waals surface area (Å²) >= 11 is 0. The molecule has 212 valence electrons. The number of pyridine rings is 1. The molecule has 4 aromatic rings. The van der Waals surface area contributed by atoms with Gasteiger partial charge >= 0.3 is 0 Å². The van der Waals surface area contributed by atoms with Gasteiger partial charge in [0.2, 0.25) is 0 Å². The van der Waals surface area contributed by atoms with Crippen LogP contribution in [0.3, 0.4) is 0 Å². The number of rotatable bonds is 6. The van der Waals surface area contributed by atoms with Crippen molar-refractivity contribution < 1.29 is 9.53 Å². The Balaban J connectivity index is 0.000000886. The molecule has 0 radical (unpaired) electrons. The smallest absolute Gasteiger partial charge is 0.261 e. The minimum absolute atomic E-state index is 0.0590. The molecule has 40 heavy (non-hydrogen) atoms. The lowest BCUT2D eigenvalue weighted by Crippen LogP contribution is -2.31. The monoisotopic (exact) mass is 543 g/mol. The van der Waals surface area contributed by atoms with Crippen LogP contribution < -0.4 is 10.6 Å². The van der Waals surface area contributed by atoms with Crippen molar-refractivity contribution in [3.8, 4) is 0 Å². The Morgan fingerprint density at radius 1 is 1.15 bits per heavy atom. The zero-order valence-corrected chi connectivity index (χ0v) is 24.7. The van der Waals surface area contributed by atoms with Crippen LogP contribution in [-0.4, -0.2) is 30.6 Å². The first-order valence-corrected chi connectivity index (χ1v) is 14.4. The molecule has 9 nitrogen and oxygen atoms in total. The fourth-order valence-corrected chi connectivity index (χ4v) is 4.95. The van der Waals surface area contributed by atoms with Crippen molar-refractivity contribution >= 4 is 28.3 Å². The van der Waals surface area contributed by atoms with E-state index >= 15 is 0 Å². The van der Waals surface area contributed by atoms with Gasteiger partial charge in [0.1, 0.15) is 11.6 Å². The minimum Gasteiger partial charge on any atom is -0.383 e. The van der Waals surface area contributed by atoms with Crippen molar-refractivity contribution in [3.63, 3.8) is 0 Å². The predicted octanol–water partition coefficient (Wildman–Crippen LogP) is 6.50.